The third kappa shape index (κ3) is 13.2. The van der Waals surface area contributed by atoms with Crippen LogP contribution in [0.3, 0.4) is 0 Å². The van der Waals surface area contributed by atoms with E-state index in [1.165, 1.54) is 70.6 Å². The van der Waals surface area contributed by atoms with E-state index in [0.29, 0.717) is 124 Å². The number of piperidine rings is 1. The molecule has 7 heterocycles. The zero-order valence-corrected chi connectivity index (χ0v) is 74.3. The van der Waals surface area contributed by atoms with Gasteiger partial charge in [0.2, 0.25) is 17.8 Å². The zero-order chi connectivity index (χ0) is 91.7. The number of H-pyrrole nitrogens is 1. The highest BCUT2D eigenvalue weighted by atomic mass is 35.5. The van der Waals surface area contributed by atoms with Gasteiger partial charge < -0.3 is 99.8 Å². The minimum atomic E-state index is -2.53. The number of rotatable bonds is 15. The van der Waals surface area contributed by atoms with Gasteiger partial charge in [0.05, 0.1) is 86.9 Å². The number of nitrogens with one attached hydrogen (secondary N) is 1. The molecule has 690 valence electrons. The molecule has 13 aliphatic rings. The molecule has 6 aliphatic heterocycles. The Morgan fingerprint density at radius 2 is 1.48 bits per heavy atom. The SMILES string of the molecule is CC[C@]1(O)C[C@H]2CN(CCc3c([nH]c4ccccc34)[C@@](C(=O)OC)(c3cc4c(cc3OC)N(C=O)[C@H]3[C@@](O)(C(=O)OC)[C@H](OC(C)=O)[C@]5(CC)C=CCN6CC[C@]43[C@@H]65)C2)C1.COc1cccc2c1C(=O)c1c(O)c3c(c(O)c1C2=O)C[C@@](O)(C(=O)CO)C[C@@H]3O[C@H]1C[C@H](N)[C@H](O)[C@H](C)O1.C[C@@H]1C[C@H]2[C@@H]3CCC4=CC(=O)C=C[C@]4(C)[C@@]3(F)[C@@H](O)C[C@]2(C)[C@@]1(O)C(=O)CO.Cl. The summed E-state index contributed by atoms with van der Waals surface area (Å²) in [6, 6.07) is 13.6. The first-order chi connectivity index (χ1) is 60.1. The number of aromatic amines is 1. The molecule has 128 heavy (non-hydrogen) atoms. The Kier molecular flexibility index (Phi) is 24.3. The van der Waals surface area contributed by atoms with Crippen molar-refractivity contribution in [3.63, 3.8) is 0 Å². The van der Waals surface area contributed by atoms with Gasteiger partial charge in [-0.3, -0.25) is 48.2 Å². The van der Waals surface area contributed by atoms with Crippen molar-refractivity contribution < 1.29 is 132 Å². The van der Waals surface area contributed by atoms with E-state index in [-0.39, 0.29) is 77.3 Å². The zero-order valence-electron chi connectivity index (χ0n) is 73.5. The Labute approximate surface area is 745 Å². The molecule has 1 amide bonds. The van der Waals surface area contributed by atoms with Crippen LogP contribution in [0.25, 0.3) is 10.9 Å². The number of fused-ring (bicyclic) bond motifs is 14. The number of hydrogen-bond acceptors (Lipinski definition) is 29. The monoisotopic (exact) mass is 1800 g/mol. The van der Waals surface area contributed by atoms with Crippen molar-refractivity contribution in [3.8, 4) is 23.0 Å². The molecule has 33 heteroatoms. The number of nitrogens with zero attached hydrogens (tertiary/aromatic N) is 3. The number of carbonyl (C=O) groups is 9. The van der Waals surface area contributed by atoms with E-state index in [2.05, 4.69) is 20.9 Å². The van der Waals surface area contributed by atoms with Gasteiger partial charge in [-0.25, -0.2) is 9.18 Å². The van der Waals surface area contributed by atoms with E-state index in [1.54, 1.807) is 39.8 Å². The Morgan fingerprint density at radius 1 is 0.773 bits per heavy atom. The van der Waals surface area contributed by atoms with Crippen molar-refractivity contribution in [3.05, 3.63) is 146 Å². The number of amides is 1. The Morgan fingerprint density at radius 3 is 2.13 bits per heavy atom. The first kappa shape index (κ1) is 93.4. The van der Waals surface area contributed by atoms with Crippen LogP contribution in [-0.2, 0) is 80.9 Å². The second kappa shape index (κ2) is 33.2. The van der Waals surface area contributed by atoms with Crippen molar-refractivity contribution in [2.24, 2.45) is 45.7 Å². The number of aliphatic hydroxyl groups excluding tert-OH is 4. The van der Waals surface area contributed by atoms with Crippen LogP contribution in [0.15, 0.2) is 90.6 Å². The summed E-state index contributed by atoms with van der Waals surface area (Å²) in [5, 5.41) is 112. The second-order valence-corrected chi connectivity index (χ2v) is 38.0. The number of phenolic OH excluding ortho intramolecular Hbond substituents is 2. The van der Waals surface area contributed by atoms with Gasteiger partial charge in [-0.05, 0) is 144 Å². The highest BCUT2D eigenvalue weighted by Gasteiger charge is 2.82. The molecule has 4 saturated carbocycles. The summed E-state index contributed by atoms with van der Waals surface area (Å²) < 4.78 is 57.5. The Bertz CT molecular complexity index is 5490. The fourth-order valence-corrected chi connectivity index (χ4v) is 26.4. The average molecular weight is 1800 g/mol. The summed E-state index contributed by atoms with van der Waals surface area (Å²) >= 11 is 0. The molecule has 1 unspecified atom stereocenters. The topological polar surface area (TPSA) is 472 Å². The number of phenols is 2. The van der Waals surface area contributed by atoms with E-state index >= 15 is 9.18 Å². The second-order valence-electron chi connectivity index (χ2n) is 38.0. The van der Waals surface area contributed by atoms with Crippen LogP contribution >= 0.6 is 12.4 Å². The smallest absolute Gasteiger partial charge is 0.344 e. The van der Waals surface area contributed by atoms with Gasteiger partial charge in [-0.1, -0.05) is 81.8 Å². The number of Topliss-reactive ketones (excluding diaryl/α,β-unsaturated/α-hetero) is 2. The predicted octanol–water partition coefficient (Wildman–Crippen LogP) is 5.84. The van der Waals surface area contributed by atoms with E-state index in [0.717, 1.165) is 16.5 Å². The fourth-order valence-electron chi connectivity index (χ4n) is 26.4. The number of aromatic hydroxyl groups is 2. The number of alkyl halides is 1. The molecular formula is C95H115ClFN5O26. The van der Waals surface area contributed by atoms with Crippen LogP contribution in [0, 0.1) is 39.9 Å². The molecule has 7 aliphatic carbocycles. The van der Waals surface area contributed by atoms with Gasteiger partial charge in [0, 0.05) is 137 Å². The largest absolute Gasteiger partial charge is 0.507 e. The van der Waals surface area contributed by atoms with Gasteiger partial charge in [-0.2, -0.15) is 0 Å². The van der Waals surface area contributed by atoms with Crippen LogP contribution in [0.2, 0.25) is 0 Å². The normalized spacial score (nSPS) is 37.7. The van der Waals surface area contributed by atoms with Crippen LogP contribution in [0.4, 0.5) is 10.1 Å². The van der Waals surface area contributed by atoms with Crippen molar-refractivity contribution in [2.45, 2.75) is 226 Å². The number of esters is 3. The highest BCUT2D eigenvalue weighted by molar-refractivity contribution is 6.31. The van der Waals surface area contributed by atoms with Crippen molar-refractivity contribution in [1.29, 1.82) is 0 Å². The van der Waals surface area contributed by atoms with Gasteiger partial charge in [-0.15, -0.1) is 12.4 Å². The van der Waals surface area contributed by atoms with Gasteiger partial charge in [0.15, 0.2) is 41.2 Å². The summed E-state index contributed by atoms with van der Waals surface area (Å²) in [4.78, 5) is 130. The molecular weight excluding hydrogens is 1680 g/mol. The molecule has 2 bridgehead atoms. The number of para-hydroxylation sites is 1. The molecule has 0 radical (unpaired) electrons. The number of aromatic nitrogens is 1. The molecule has 5 aromatic rings. The van der Waals surface area contributed by atoms with E-state index in [1.807, 2.05) is 50.3 Å². The third-order valence-electron chi connectivity index (χ3n) is 32.1. The van der Waals surface area contributed by atoms with E-state index in [9.17, 15) is 89.4 Å². The minimum absolute atomic E-state index is 0. The van der Waals surface area contributed by atoms with Crippen molar-refractivity contribution in [2.75, 3.05) is 79.3 Å². The molecule has 1 spiro atoms. The number of ketones is 5. The van der Waals surface area contributed by atoms with Crippen molar-refractivity contribution in [1.82, 2.24) is 14.8 Å². The highest BCUT2D eigenvalue weighted by Crippen LogP contribution is 2.73. The molecule has 1 aromatic heterocycles. The number of benzene rings is 4. The lowest BCUT2D eigenvalue weighted by Gasteiger charge is -2.63. The number of methoxy groups -OCH3 is 4. The van der Waals surface area contributed by atoms with Crippen LogP contribution in [0.1, 0.15) is 191 Å². The molecule has 13 N–H and O–H groups in total. The maximum absolute atomic E-state index is 16.9. The van der Waals surface area contributed by atoms with E-state index < -0.39 is 212 Å². The summed E-state index contributed by atoms with van der Waals surface area (Å²) in [5.74, 6) is -7.96. The first-order valence-corrected chi connectivity index (χ1v) is 43.8. The quantitative estimate of drug-likeness (QED) is 0.0189. The fraction of sp³-hybridized carbons (Fsp3) is 0.568. The van der Waals surface area contributed by atoms with Crippen LogP contribution in [-0.4, -0.2) is 270 Å². The maximum atomic E-state index is 16.9. The lowest BCUT2D eigenvalue weighted by Crippen LogP contribution is -2.81. The number of halogens is 2. The molecule has 4 aromatic carbocycles. The lowest BCUT2D eigenvalue weighted by molar-refractivity contribution is -0.247. The number of ether oxygens (including phenoxy) is 7. The average Bonchev–Trinajstić information content (AvgIpc) is 1.47. The van der Waals surface area contributed by atoms with Crippen LogP contribution < -0.4 is 20.1 Å². The Balaban J connectivity index is 0.000000159. The standard InChI is InChI=1S/C46H56N4O10.C27H29NO11.C22H29FO5.ClH/c1-7-42(55)22-28-23-45(40(53)58-5,36-30(14-18-48(24-28)25-42)29-12-9-10-13-33(29)47-36)32-20-31-34(21-35(32)57-4)50(26-51)38-44(31)16-19-49-17-11-15-43(8-2,37(44)49)39(60-27(3)52)46(38,56)41(54)59-6;1-10-22(31)13(28)6-17(38-10)39-15-8-27(36,16(30)9-29)7-12-19(15)26(35)21-20(24(12)33)23(32)11-4-3-5-14(37-2)18(11)25(21)34;1-12-8-16-15-5-4-13-9-14(25)6-7-19(13,2)21(15,23)17(26)10-20(16,3)22(12,28)18(27)11-24;/h9-13,15,20-21,26,28,37-39,47,55-56H,7-8,14,16-19,22-25H2,1-6H3;3-5,10,13,15,17,22,29,31,33,35-36H,6-9,28H2,1-2H3;6-7,9,12,15-17,24,26,28H,4-5,8,10-11H2,1-3H3;1H/t28-,37+,38-,39-,42+,43-,44-,45+,46+;10-,13-,15-,17-,22+,27-;12-,15+,16+,17+,19+,20+,21+,22+;/m101./s1. The minimum Gasteiger partial charge on any atom is -0.507 e. The third-order valence-corrected chi connectivity index (χ3v) is 32.1. The number of nitrogens with two attached hydrogens (primary N) is 1. The van der Waals surface area contributed by atoms with Crippen LogP contribution in [0.5, 0.6) is 23.0 Å². The van der Waals surface area contributed by atoms with Crippen molar-refractivity contribution >= 4 is 82.2 Å². The van der Waals surface area contributed by atoms with E-state index in [4.69, 9.17) is 38.9 Å². The summed E-state index contributed by atoms with van der Waals surface area (Å²) in [6.45, 7) is 13.2. The number of carbonyl (C=O) groups excluding carboxylic acids is 9. The number of aliphatic hydroxyl groups is 8. The van der Waals surface area contributed by atoms with Gasteiger partial charge >= 0.3 is 17.9 Å². The Hall–Kier alpha value is -9.23. The summed E-state index contributed by atoms with van der Waals surface area (Å²) in [5.41, 5.74) is -5.95. The predicted molar refractivity (Wildman–Crippen MR) is 460 cm³/mol. The van der Waals surface area contributed by atoms with Gasteiger partial charge in [0.25, 0.3) is 0 Å². The first-order valence-electron chi connectivity index (χ1n) is 43.8. The van der Waals surface area contributed by atoms with Gasteiger partial charge in [0.1, 0.15) is 52.8 Å². The molecule has 31 nitrogen and oxygen atoms in total. The number of hydrogen-bond donors (Lipinski definition) is 12. The lowest BCUT2D eigenvalue weighted by atomic mass is 9.44. The number of allylic oxidation sites excluding steroid dienone is 4. The summed E-state index contributed by atoms with van der Waals surface area (Å²) in [6.07, 6.45) is 5.15. The number of anilines is 1. The molecule has 24 atom stereocenters. The molecule has 18 rings (SSSR count). The molecule has 3 saturated heterocycles. The summed E-state index contributed by atoms with van der Waals surface area (Å²) in [7, 11) is 5.41. The maximum Gasteiger partial charge on any atom is 0.344 e. The molecule has 7 fully saturated rings.